The summed E-state index contributed by atoms with van der Waals surface area (Å²) < 4.78 is 6.25. The molecule has 1 aromatic rings. The molecule has 0 radical (unpaired) electrons. The Labute approximate surface area is 103 Å². The van der Waals surface area contributed by atoms with Crippen LogP contribution in [-0.2, 0) is 22.4 Å². The molecule has 0 heterocycles. The molecule has 0 amide bonds. The fraction of sp³-hybridized carbons (Fsp3) is 0.417. The highest BCUT2D eigenvalue weighted by molar-refractivity contribution is 9.10. The Morgan fingerprint density at radius 3 is 2.88 bits per heavy atom. The van der Waals surface area contributed by atoms with E-state index in [0.717, 1.165) is 16.5 Å². The molecule has 4 heteroatoms. The number of rotatable bonds is 2. The van der Waals surface area contributed by atoms with Crippen molar-refractivity contribution in [2.24, 2.45) is 0 Å². The number of aliphatic carboxylic acids is 1. The Morgan fingerprint density at radius 1 is 1.50 bits per heavy atom. The second-order valence-electron chi connectivity index (χ2n) is 4.09. The van der Waals surface area contributed by atoms with Gasteiger partial charge in [-0.2, -0.15) is 0 Å². The van der Waals surface area contributed by atoms with Crippen LogP contribution in [0.2, 0.25) is 0 Å². The van der Waals surface area contributed by atoms with Gasteiger partial charge in [0.15, 0.2) is 5.60 Å². The largest absolute Gasteiger partial charge is 0.479 e. The summed E-state index contributed by atoms with van der Waals surface area (Å²) in [4.78, 5) is 11.2. The normalized spacial score (nSPS) is 23.9. The summed E-state index contributed by atoms with van der Waals surface area (Å²) in [6.45, 7) is 0. The van der Waals surface area contributed by atoms with Gasteiger partial charge in [-0.1, -0.05) is 22.0 Å². The van der Waals surface area contributed by atoms with Crippen LogP contribution in [0.5, 0.6) is 0 Å². The smallest absolute Gasteiger partial charge is 0.336 e. The van der Waals surface area contributed by atoms with Crippen molar-refractivity contribution >= 4 is 21.9 Å². The Morgan fingerprint density at radius 2 is 2.25 bits per heavy atom. The van der Waals surface area contributed by atoms with Crippen LogP contribution < -0.4 is 0 Å². The molecule has 1 N–H and O–H groups in total. The zero-order valence-electron chi connectivity index (χ0n) is 9.00. The molecule has 1 atom stereocenters. The molecular formula is C12H13BrO3. The topological polar surface area (TPSA) is 46.5 Å². The van der Waals surface area contributed by atoms with E-state index in [1.807, 2.05) is 12.1 Å². The van der Waals surface area contributed by atoms with Gasteiger partial charge in [0.25, 0.3) is 0 Å². The van der Waals surface area contributed by atoms with Crippen molar-refractivity contribution in [1.29, 1.82) is 0 Å². The molecule has 0 spiro atoms. The molecule has 0 saturated heterocycles. The maximum Gasteiger partial charge on any atom is 0.336 e. The number of halogens is 1. The number of aryl methyl sites for hydroxylation is 1. The molecule has 1 unspecified atom stereocenters. The summed E-state index contributed by atoms with van der Waals surface area (Å²) in [6, 6.07) is 5.96. The number of carboxylic acids is 1. The molecule has 0 aliphatic heterocycles. The molecule has 2 rings (SSSR count). The van der Waals surface area contributed by atoms with E-state index in [1.165, 1.54) is 12.7 Å². The van der Waals surface area contributed by atoms with E-state index in [9.17, 15) is 9.90 Å². The summed E-state index contributed by atoms with van der Waals surface area (Å²) in [5.41, 5.74) is 1.24. The van der Waals surface area contributed by atoms with Crippen molar-refractivity contribution in [3.8, 4) is 0 Å². The molecule has 0 bridgehead atoms. The van der Waals surface area contributed by atoms with E-state index in [0.29, 0.717) is 12.8 Å². The highest BCUT2D eigenvalue weighted by Crippen LogP contribution is 2.32. The van der Waals surface area contributed by atoms with Gasteiger partial charge in [-0.15, -0.1) is 0 Å². The van der Waals surface area contributed by atoms with Crippen LogP contribution in [0.15, 0.2) is 22.7 Å². The van der Waals surface area contributed by atoms with Gasteiger partial charge < -0.3 is 9.84 Å². The first-order valence-electron chi connectivity index (χ1n) is 5.13. The second-order valence-corrected chi connectivity index (χ2v) is 5.01. The summed E-state index contributed by atoms with van der Waals surface area (Å²) in [6.07, 6.45) is 1.72. The van der Waals surface area contributed by atoms with E-state index < -0.39 is 11.6 Å². The minimum atomic E-state index is -1.04. The van der Waals surface area contributed by atoms with Crippen molar-refractivity contribution < 1.29 is 14.6 Å². The van der Waals surface area contributed by atoms with Gasteiger partial charge >= 0.3 is 5.97 Å². The summed E-state index contributed by atoms with van der Waals surface area (Å²) in [5, 5.41) is 9.23. The van der Waals surface area contributed by atoms with E-state index >= 15 is 0 Å². The Kier molecular flexibility index (Phi) is 3.04. The lowest BCUT2D eigenvalue weighted by Gasteiger charge is -2.33. The minimum Gasteiger partial charge on any atom is -0.479 e. The summed E-state index contributed by atoms with van der Waals surface area (Å²) in [5.74, 6) is -0.872. The van der Waals surface area contributed by atoms with Crippen molar-refractivity contribution in [3.63, 3.8) is 0 Å². The number of hydrogen-bond donors (Lipinski definition) is 1. The fourth-order valence-electron chi connectivity index (χ4n) is 2.18. The average molecular weight is 285 g/mol. The molecule has 3 nitrogen and oxygen atoms in total. The molecule has 1 aromatic carbocycles. The highest BCUT2D eigenvalue weighted by Gasteiger charge is 2.41. The lowest BCUT2D eigenvalue weighted by atomic mass is 9.80. The monoisotopic (exact) mass is 284 g/mol. The third-order valence-corrected chi connectivity index (χ3v) is 3.72. The van der Waals surface area contributed by atoms with E-state index in [2.05, 4.69) is 22.0 Å². The number of ether oxygens (including phenoxy) is 1. The van der Waals surface area contributed by atoms with Crippen molar-refractivity contribution in [2.75, 3.05) is 7.11 Å². The van der Waals surface area contributed by atoms with Gasteiger partial charge in [-0.3, -0.25) is 0 Å². The van der Waals surface area contributed by atoms with Gasteiger partial charge in [0.1, 0.15) is 0 Å². The predicted octanol–water partition coefficient (Wildman–Crippen LogP) is 2.41. The Hall–Kier alpha value is -0.870. The fourth-order valence-corrected chi connectivity index (χ4v) is 2.58. The molecule has 1 aliphatic carbocycles. The van der Waals surface area contributed by atoms with Crippen molar-refractivity contribution in [3.05, 3.63) is 33.8 Å². The first kappa shape index (κ1) is 11.6. The maximum atomic E-state index is 11.2. The van der Waals surface area contributed by atoms with Crippen LogP contribution in [0.3, 0.4) is 0 Å². The van der Waals surface area contributed by atoms with Crippen molar-refractivity contribution in [2.45, 2.75) is 24.9 Å². The third kappa shape index (κ3) is 1.87. The van der Waals surface area contributed by atoms with Crippen LogP contribution in [-0.4, -0.2) is 23.8 Å². The zero-order valence-corrected chi connectivity index (χ0v) is 10.6. The number of fused-ring (bicyclic) bond motifs is 1. The number of methoxy groups -OCH3 is 1. The molecular weight excluding hydrogens is 272 g/mol. The van der Waals surface area contributed by atoms with E-state index in [1.54, 1.807) is 0 Å². The SMILES string of the molecule is COC1(C(=O)O)CCc2cc(Br)ccc2C1. The van der Waals surface area contributed by atoms with E-state index in [-0.39, 0.29) is 0 Å². The number of carboxylic acid groups (broad SMARTS) is 1. The lowest BCUT2D eigenvalue weighted by molar-refractivity contribution is -0.163. The predicted molar refractivity (Wildman–Crippen MR) is 63.5 cm³/mol. The van der Waals surface area contributed by atoms with Gasteiger partial charge in [0, 0.05) is 18.0 Å². The second kappa shape index (κ2) is 4.18. The number of carbonyl (C=O) groups is 1. The molecule has 0 aromatic heterocycles. The number of benzene rings is 1. The van der Waals surface area contributed by atoms with E-state index in [4.69, 9.17) is 4.74 Å². The highest BCUT2D eigenvalue weighted by atomic mass is 79.9. The van der Waals surface area contributed by atoms with Crippen LogP contribution in [0.4, 0.5) is 0 Å². The van der Waals surface area contributed by atoms with Gasteiger partial charge in [-0.25, -0.2) is 4.79 Å². The van der Waals surface area contributed by atoms with Crippen LogP contribution in [0.1, 0.15) is 17.5 Å². The number of hydrogen-bond acceptors (Lipinski definition) is 2. The quantitative estimate of drug-likeness (QED) is 0.907. The molecule has 0 saturated carbocycles. The first-order chi connectivity index (χ1) is 7.57. The Bertz CT molecular complexity index is 430. The van der Waals surface area contributed by atoms with Gasteiger partial charge in [-0.05, 0) is 36.1 Å². The van der Waals surface area contributed by atoms with Crippen molar-refractivity contribution in [1.82, 2.24) is 0 Å². The summed E-state index contributed by atoms with van der Waals surface area (Å²) >= 11 is 3.42. The summed E-state index contributed by atoms with van der Waals surface area (Å²) in [7, 11) is 1.47. The minimum absolute atomic E-state index is 0.446. The van der Waals surface area contributed by atoms with Crippen LogP contribution >= 0.6 is 15.9 Å². The standard InChI is InChI=1S/C12H13BrO3/c1-16-12(11(14)15)5-4-8-6-10(13)3-2-9(8)7-12/h2-3,6H,4-5,7H2,1H3,(H,14,15). The lowest BCUT2D eigenvalue weighted by Crippen LogP contribution is -2.45. The molecule has 0 fully saturated rings. The van der Waals surface area contributed by atoms with Crippen LogP contribution in [0.25, 0.3) is 0 Å². The first-order valence-corrected chi connectivity index (χ1v) is 5.92. The average Bonchev–Trinajstić information content (AvgIpc) is 2.28. The molecule has 86 valence electrons. The van der Waals surface area contributed by atoms with Gasteiger partial charge in [0.2, 0.25) is 0 Å². The maximum absolute atomic E-state index is 11.2. The molecule has 1 aliphatic rings. The molecule has 16 heavy (non-hydrogen) atoms. The Balaban J connectivity index is 2.36. The zero-order chi connectivity index (χ0) is 11.8. The third-order valence-electron chi connectivity index (χ3n) is 3.22. The van der Waals surface area contributed by atoms with Gasteiger partial charge in [0.05, 0.1) is 0 Å². The van der Waals surface area contributed by atoms with Crippen LogP contribution in [0, 0.1) is 0 Å².